The normalized spacial score (nSPS) is 23.6. The van der Waals surface area contributed by atoms with E-state index in [2.05, 4.69) is 61.4 Å². The van der Waals surface area contributed by atoms with Crippen LogP contribution >= 0.6 is 0 Å². The van der Waals surface area contributed by atoms with Crippen LogP contribution in [0, 0.1) is 0 Å². The maximum Gasteiger partial charge on any atom is 0.104 e. The van der Waals surface area contributed by atoms with Crippen molar-refractivity contribution < 1.29 is 4.74 Å². The van der Waals surface area contributed by atoms with Crippen molar-refractivity contribution in [1.29, 1.82) is 0 Å². The van der Waals surface area contributed by atoms with Gasteiger partial charge in [-0.1, -0.05) is 65.2 Å². The van der Waals surface area contributed by atoms with Crippen molar-refractivity contribution >= 4 is 11.4 Å². The Hall–Kier alpha value is -2.07. The summed E-state index contributed by atoms with van der Waals surface area (Å²) in [5.41, 5.74) is 4.12. The molecule has 2 atom stereocenters. The fourth-order valence-corrected chi connectivity index (χ4v) is 4.53. The van der Waals surface area contributed by atoms with Gasteiger partial charge in [-0.05, 0) is 62.6 Å². The summed E-state index contributed by atoms with van der Waals surface area (Å²) < 4.78 is 6.20. The largest absolute Gasteiger partial charge is 0.372 e. The zero-order valence-corrected chi connectivity index (χ0v) is 20.5. The van der Waals surface area contributed by atoms with Crippen LogP contribution in [0.1, 0.15) is 97.1 Å². The van der Waals surface area contributed by atoms with E-state index in [0.717, 1.165) is 36.5 Å². The molecule has 0 saturated heterocycles. The summed E-state index contributed by atoms with van der Waals surface area (Å²) in [5.74, 6) is 0. The van der Waals surface area contributed by atoms with E-state index in [9.17, 15) is 0 Å². The Balaban J connectivity index is 1.48. The number of ether oxygens (including phenoxy) is 1. The number of rotatable bonds is 15. The smallest absolute Gasteiger partial charge is 0.104 e. The lowest BCUT2D eigenvalue weighted by atomic mass is 9.95. The zero-order valence-electron chi connectivity index (χ0n) is 20.5. The fraction of sp³-hybridized carbons (Fsp3) is 0.607. The summed E-state index contributed by atoms with van der Waals surface area (Å²) in [7, 11) is 0. The molecule has 0 saturated carbocycles. The highest BCUT2D eigenvalue weighted by Crippen LogP contribution is 2.32. The number of aliphatic imine (C=N–C) groups is 1. The highest BCUT2D eigenvalue weighted by molar-refractivity contribution is 5.98. The summed E-state index contributed by atoms with van der Waals surface area (Å²) in [6.07, 6.45) is 25.0. The molecule has 176 valence electrons. The van der Waals surface area contributed by atoms with Gasteiger partial charge in [0.05, 0.1) is 22.6 Å². The first-order valence-electron chi connectivity index (χ1n) is 12.9. The highest BCUT2D eigenvalue weighted by Gasteiger charge is 2.38. The molecule has 4 nitrogen and oxygen atoms in total. The van der Waals surface area contributed by atoms with Crippen molar-refractivity contribution in [2.45, 2.75) is 103 Å². The van der Waals surface area contributed by atoms with E-state index >= 15 is 0 Å². The molecule has 3 heterocycles. The van der Waals surface area contributed by atoms with E-state index in [4.69, 9.17) is 9.73 Å². The number of unbranched alkanes of at least 4 members (excludes halogenated alkanes) is 8. The molecule has 0 bridgehead atoms. The zero-order chi connectivity index (χ0) is 22.7. The van der Waals surface area contributed by atoms with Crippen molar-refractivity contribution in [2.75, 3.05) is 6.61 Å². The minimum Gasteiger partial charge on any atom is -0.372 e. The van der Waals surface area contributed by atoms with E-state index in [1.54, 1.807) is 0 Å². The van der Waals surface area contributed by atoms with Crippen molar-refractivity contribution in [1.82, 2.24) is 10.3 Å². The molecular weight excluding hydrogens is 394 g/mol. The molecule has 0 amide bonds. The molecule has 2 aliphatic heterocycles. The van der Waals surface area contributed by atoms with Crippen molar-refractivity contribution in [3.63, 3.8) is 0 Å². The summed E-state index contributed by atoms with van der Waals surface area (Å²) in [6.45, 7) is 7.38. The summed E-state index contributed by atoms with van der Waals surface area (Å²) in [6, 6.07) is 4.11. The third kappa shape index (κ3) is 7.23. The summed E-state index contributed by atoms with van der Waals surface area (Å²) in [4.78, 5) is 8.20. The molecule has 1 aromatic heterocycles. The molecule has 0 radical (unpaired) electrons. The Morgan fingerprint density at radius 3 is 2.44 bits per heavy atom. The lowest BCUT2D eigenvalue weighted by molar-refractivity contribution is 0.0520. The SMILES string of the molecule is CCCCCCCCCCCC1=NC(=CC2(C)NC(c3ccc[nH]3)=CC2OCCC)C=C1. The van der Waals surface area contributed by atoms with Crippen LogP contribution in [0.4, 0.5) is 0 Å². The van der Waals surface area contributed by atoms with Gasteiger partial charge in [-0.3, -0.25) is 4.99 Å². The number of aromatic amines is 1. The second kappa shape index (κ2) is 12.8. The van der Waals surface area contributed by atoms with Crippen molar-refractivity contribution in [2.24, 2.45) is 4.99 Å². The van der Waals surface area contributed by atoms with Crippen LogP contribution in [0.5, 0.6) is 0 Å². The summed E-state index contributed by atoms with van der Waals surface area (Å²) >= 11 is 0. The third-order valence-electron chi connectivity index (χ3n) is 6.41. The van der Waals surface area contributed by atoms with Gasteiger partial charge in [0.15, 0.2) is 0 Å². The maximum atomic E-state index is 6.20. The number of aromatic nitrogens is 1. The van der Waals surface area contributed by atoms with E-state index in [1.165, 1.54) is 63.5 Å². The van der Waals surface area contributed by atoms with Crippen LogP contribution in [0.3, 0.4) is 0 Å². The Labute approximate surface area is 195 Å². The van der Waals surface area contributed by atoms with Gasteiger partial charge in [0.2, 0.25) is 0 Å². The lowest BCUT2D eigenvalue weighted by Gasteiger charge is -2.29. The number of hydrogen-bond donors (Lipinski definition) is 2. The van der Waals surface area contributed by atoms with Gasteiger partial charge in [0.1, 0.15) is 6.10 Å². The minimum absolute atomic E-state index is 0.0155. The summed E-state index contributed by atoms with van der Waals surface area (Å²) in [5, 5.41) is 3.68. The Morgan fingerprint density at radius 2 is 1.75 bits per heavy atom. The van der Waals surface area contributed by atoms with Gasteiger partial charge < -0.3 is 15.0 Å². The molecular formula is C28H43N3O. The Kier molecular flexibility index (Phi) is 9.86. The minimum atomic E-state index is -0.313. The maximum absolute atomic E-state index is 6.20. The monoisotopic (exact) mass is 437 g/mol. The topological polar surface area (TPSA) is 49.4 Å². The van der Waals surface area contributed by atoms with E-state index in [-0.39, 0.29) is 11.6 Å². The van der Waals surface area contributed by atoms with E-state index in [1.807, 2.05) is 12.3 Å². The molecule has 2 unspecified atom stereocenters. The number of allylic oxidation sites excluding steroid dienone is 2. The quantitative estimate of drug-likeness (QED) is 0.282. The molecule has 0 fully saturated rings. The molecule has 0 spiro atoms. The second-order valence-electron chi connectivity index (χ2n) is 9.45. The van der Waals surface area contributed by atoms with Crippen LogP contribution in [0.2, 0.25) is 0 Å². The standard InChI is InChI=1S/C28H43N3O/c1-4-6-7-8-9-10-11-12-13-15-23-17-18-24(30-23)22-28(3)27(32-20-5-2)21-26(31-28)25-16-14-19-29-25/h14,16-19,21-22,27,29,31H,4-13,15,20H2,1-3H3. The first-order chi connectivity index (χ1) is 15.6. The van der Waals surface area contributed by atoms with E-state index < -0.39 is 0 Å². The molecule has 1 aromatic rings. The van der Waals surface area contributed by atoms with Crippen LogP contribution in [-0.4, -0.2) is 28.9 Å². The third-order valence-corrected chi connectivity index (χ3v) is 6.41. The predicted octanol–water partition coefficient (Wildman–Crippen LogP) is 7.33. The first-order valence-corrected chi connectivity index (χ1v) is 12.9. The van der Waals surface area contributed by atoms with Gasteiger partial charge in [0, 0.05) is 18.5 Å². The molecule has 0 aliphatic carbocycles. The molecule has 2 aliphatic rings. The lowest BCUT2D eigenvalue weighted by Crippen LogP contribution is -2.45. The van der Waals surface area contributed by atoms with Gasteiger partial charge in [-0.15, -0.1) is 0 Å². The number of nitrogens with zero attached hydrogens (tertiary/aromatic N) is 1. The number of H-pyrrole nitrogens is 1. The van der Waals surface area contributed by atoms with Crippen LogP contribution in [-0.2, 0) is 4.74 Å². The van der Waals surface area contributed by atoms with Crippen LogP contribution in [0.25, 0.3) is 5.70 Å². The Bertz CT molecular complexity index is 803. The molecule has 2 N–H and O–H groups in total. The first kappa shape index (κ1) is 24.6. The number of hydrogen-bond acceptors (Lipinski definition) is 3. The van der Waals surface area contributed by atoms with Crippen molar-refractivity contribution in [3.05, 3.63) is 54.0 Å². The average Bonchev–Trinajstić information content (AvgIpc) is 3.52. The number of nitrogens with one attached hydrogen (secondary N) is 2. The average molecular weight is 438 g/mol. The fourth-order valence-electron chi connectivity index (χ4n) is 4.53. The highest BCUT2D eigenvalue weighted by atomic mass is 16.5. The Morgan fingerprint density at radius 1 is 1.00 bits per heavy atom. The van der Waals surface area contributed by atoms with Crippen LogP contribution in [0.15, 0.2) is 53.3 Å². The second-order valence-corrected chi connectivity index (χ2v) is 9.45. The van der Waals surface area contributed by atoms with Gasteiger partial charge in [-0.2, -0.15) is 0 Å². The van der Waals surface area contributed by atoms with Gasteiger partial charge in [0.25, 0.3) is 0 Å². The molecule has 32 heavy (non-hydrogen) atoms. The van der Waals surface area contributed by atoms with Gasteiger partial charge >= 0.3 is 0 Å². The van der Waals surface area contributed by atoms with E-state index in [0.29, 0.717) is 0 Å². The van der Waals surface area contributed by atoms with Crippen LogP contribution < -0.4 is 5.32 Å². The molecule has 3 rings (SSSR count). The molecule has 0 aromatic carbocycles. The molecule has 4 heteroatoms. The van der Waals surface area contributed by atoms with Gasteiger partial charge in [-0.25, -0.2) is 0 Å². The van der Waals surface area contributed by atoms with Crippen molar-refractivity contribution in [3.8, 4) is 0 Å². The predicted molar refractivity (Wildman–Crippen MR) is 137 cm³/mol.